The molecule has 0 aromatic heterocycles. The van der Waals surface area contributed by atoms with Crippen molar-refractivity contribution in [2.75, 3.05) is 32.1 Å². The topological polar surface area (TPSA) is 29.3 Å². The van der Waals surface area contributed by atoms with Crippen LogP contribution >= 0.6 is 11.8 Å². The summed E-state index contributed by atoms with van der Waals surface area (Å²) in [7, 11) is 2.26. The highest BCUT2D eigenvalue weighted by atomic mass is 32.2. The summed E-state index contributed by atoms with van der Waals surface area (Å²) in [5.41, 5.74) is 6.36. The van der Waals surface area contributed by atoms with E-state index in [-0.39, 0.29) is 5.54 Å². The molecule has 0 aliphatic carbocycles. The lowest BCUT2D eigenvalue weighted by atomic mass is 9.80. The first-order chi connectivity index (χ1) is 8.38. The van der Waals surface area contributed by atoms with Crippen molar-refractivity contribution in [3.63, 3.8) is 0 Å². The van der Waals surface area contributed by atoms with Crippen LogP contribution < -0.4 is 5.73 Å². The molecule has 0 amide bonds. The van der Waals surface area contributed by atoms with Crippen molar-refractivity contribution in [1.29, 1.82) is 0 Å². The number of rotatable bonds is 10. The molecule has 0 aliphatic rings. The first-order valence-electron chi connectivity index (χ1n) is 7.28. The minimum atomic E-state index is 0.195. The summed E-state index contributed by atoms with van der Waals surface area (Å²) in [5, 5.41) is 0. The smallest absolute Gasteiger partial charge is 0.0333 e. The Labute approximate surface area is 119 Å². The maximum absolute atomic E-state index is 6.16. The second-order valence-corrected chi connectivity index (χ2v) is 7.38. The molecule has 0 unspecified atom stereocenters. The van der Waals surface area contributed by atoms with Crippen molar-refractivity contribution in [3.8, 4) is 0 Å². The van der Waals surface area contributed by atoms with Crippen LogP contribution in [0.1, 0.15) is 47.0 Å². The average Bonchev–Trinajstić information content (AvgIpc) is 2.26. The molecule has 0 fully saturated rings. The standard InChI is InChI=1S/C15H34N2S/c1-13(2)10-15(12-16,11-14(3)4)17(5)8-7-9-18-6/h13-14H,7-12,16H2,1-6H3. The molecule has 0 aromatic rings. The number of nitrogens with two attached hydrogens (primary N) is 1. The van der Waals surface area contributed by atoms with E-state index in [0.29, 0.717) is 11.8 Å². The Morgan fingerprint density at radius 1 is 1.11 bits per heavy atom. The zero-order valence-corrected chi connectivity index (χ0v) is 14.1. The Balaban J connectivity index is 4.68. The summed E-state index contributed by atoms with van der Waals surface area (Å²) in [6.45, 7) is 11.2. The van der Waals surface area contributed by atoms with Gasteiger partial charge in [0.25, 0.3) is 0 Å². The summed E-state index contributed by atoms with van der Waals surface area (Å²) < 4.78 is 0. The molecule has 0 rings (SSSR count). The van der Waals surface area contributed by atoms with Gasteiger partial charge in [-0.3, -0.25) is 4.90 Å². The van der Waals surface area contributed by atoms with E-state index < -0.39 is 0 Å². The molecule has 0 heterocycles. The number of likely N-dealkylation sites (N-methyl/N-ethyl adjacent to an activating group) is 1. The molecule has 0 saturated carbocycles. The van der Waals surface area contributed by atoms with Crippen LogP contribution in [0, 0.1) is 11.8 Å². The third kappa shape index (κ3) is 6.44. The van der Waals surface area contributed by atoms with Crippen molar-refractivity contribution in [2.24, 2.45) is 17.6 Å². The van der Waals surface area contributed by atoms with E-state index in [1.165, 1.54) is 25.0 Å². The Morgan fingerprint density at radius 2 is 1.61 bits per heavy atom. The largest absolute Gasteiger partial charge is 0.329 e. The van der Waals surface area contributed by atoms with Gasteiger partial charge in [0.2, 0.25) is 0 Å². The molecule has 0 bridgehead atoms. The fourth-order valence-corrected chi connectivity index (χ4v) is 3.34. The van der Waals surface area contributed by atoms with Crippen LogP contribution in [0.4, 0.5) is 0 Å². The zero-order chi connectivity index (χ0) is 14.2. The van der Waals surface area contributed by atoms with E-state index in [1.54, 1.807) is 0 Å². The average molecular weight is 275 g/mol. The summed E-state index contributed by atoms with van der Waals surface area (Å²) in [4.78, 5) is 2.53. The molecule has 18 heavy (non-hydrogen) atoms. The first kappa shape index (κ1) is 18.3. The van der Waals surface area contributed by atoms with Gasteiger partial charge in [0.15, 0.2) is 0 Å². The highest BCUT2D eigenvalue weighted by Crippen LogP contribution is 2.29. The summed E-state index contributed by atoms with van der Waals surface area (Å²) in [6, 6.07) is 0. The fourth-order valence-electron chi connectivity index (χ4n) is 2.92. The quantitative estimate of drug-likeness (QED) is 0.619. The van der Waals surface area contributed by atoms with Crippen molar-refractivity contribution >= 4 is 11.8 Å². The van der Waals surface area contributed by atoms with Gasteiger partial charge in [-0.25, -0.2) is 0 Å². The molecule has 110 valence electrons. The summed E-state index contributed by atoms with van der Waals surface area (Å²) >= 11 is 1.93. The Kier molecular flexibility index (Phi) is 9.36. The van der Waals surface area contributed by atoms with Gasteiger partial charge >= 0.3 is 0 Å². The van der Waals surface area contributed by atoms with Gasteiger partial charge in [-0.05, 0) is 56.7 Å². The second kappa shape index (κ2) is 9.22. The monoisotopic (exact) mass is 274 g/mol. The summed E-state index contributed by atoms with van der Waals surface area (Å²) in [5.74, 6) is 2.65. The van der Waals surface area contributed by atoms with E-state index in [4.69, 9.17) is 5.73 Å². The van der Waals surface area contributed by atoms with Gasteiger partial charge < -0.3 is 5.73 Å². The molecule has 2 nitrogen and oxygen atoms in total. The van der Waals surface area contributed by atoms with E-state index in [1.807, 2.05) is 11.8 Å². The molecule has 0 aliphatic heterocycles. The van der Waals surface area contributed by atoms with Crippen LogP contribution in [0.3, 0.4) is 0 Å². The highest BCUT2D eigenvalue weighted by Gasteiger charge is 2.34. The Bertz CT molecular complexity index is 195. The third-order valence-electron chi connectivity index (χ3n) is 3.61. The minimum absolute atomic E-state index is 0.195. The molecule has 0 aromatic carbocycles. The molecule has 3 heteroatoms. The van der Waals surface area contributed by atoms with Gasteiger partial charge in [0.1, 0.15) is 0 Å². The zero-order valence-electron chi connectivity index (χ0n) is 13.3. The van der Waals surface area contributed by atoms with E-state index >= 15 is 0 Å². The summed E-state index contributed by atoms with van der Waals surface area (Å²) in [6.07, 6.45) is 5.85. The maximum atomic E-state index is 6.16. The van der Waals surface area contributed by atoms with Gasteiger partial charge in [0.05, 0.1) is 0 Å². The predicted octanol–water partition coefficient (Wildman–Crippen LogP) is 3.46. The first-order valence-corrected chi connectivity index (χ1v) is 8.67. The number of hydrogen-bond donors (Lipinski definition) is 1. The lowest BCUT2D eigenvalue weighted by molar-refractivity contribution is 0.0785. The molecule has 0 saturated heterocycles. The Morgan fingerprint density at radius 3 is 1.94 bits per heavy atom. The number of nitrogens with zero attached hydrogens (tertiary/aromatic N) is 1. The SMILES string of the molecule is CSCCCN(C)C(CN)(CC(C)C)CC(C)C. The van der Waals surface area contributed by atoms with Crippen molar-refractivity contribution in [1.82, 2.24) is 4.90 Å². The molecule has 2 N–H and O–H groups in total. The van der Waals surface area contributed by atoms with Crippen molar-refractivity contribution in [3.05, 3.63) is 0 Å². The van der Waals surface area contributed by atoms with E-state index in [9.17, 15) is 0 Å². The van der Waals surface area contributed by atoms with Gasteiger partial charge in [-0.15, -0.1) is 0 Å². The van der Waals surface area contributed by atoms with Crippen LogP contribution in [0.15, 0.2) is 0 Å². The molecule has 0 spiro atoms. The predicted molar refractivity (Wildman–Crippen MR) is 86.3 cm³/mol. The van der Waals surface area contributed by atoms with Crippen LogP contribution in [-0.2, 0) is 0 Å². The van der Waals surface area contributed by atoms with Gasteiger partial charge in [-0.2, -0.15) is 11.8 Å². The third-order valence-corrected chi connectivity index (χ3v) is 4.31. The van der Waals surface area contributed by atoms with Crippen molar-refractivity contribution < 1.29 is 0 Å². The highest BCUT2D eigenvalue weighted by molar-refractivity contribution is 7.98. The second-order valence-electron chi connectivity index (χ2n) is 6.39. The number of hydrogen-bond acceptors (Lipinski definition) is 3. The Hall–Kier alpha value is 0.270. The van der Waals surface area contributed by atoms with Crippen LogP contribution in [0.2, 0.25) is 0 Å². The maximum Gasteiger partial charge on any atom is 0.0333 e. The van der Waals surface area contributed by atoms with Gasteiger partial charge in [-0.1, -0.05) is 27.7 Å². The molecule has 0 radical (unpaired) electrons. The molecule has 0 atom stereocenters. The lowest BCUT2D eigenvalue weighted by Gasteiger charge is -2.44. The molecular weight excluding hydrogens is 240 g/mol. The van der Waals surface area contributed by atoms with Gasteiger partial charge in [0, 0.05) is 12.1 Å². The lowest BCUT2D eigenvalue weighted by Crippen LogP contribution is -2.54. The molecular formula is C15H34N2S. The number of thioether (sulfide) groups is 1. The fraction of sp³-hybridized carbons (Fsp3) is 1.00. The normalized spacial score (nSPS) is 13.0. The van der Waals surface area contributed by atoms with E-state index in [2.05, 4.69) is 45.9 Å². The van der Waals surface area contributed by atoms with E-state index in [0.717, 1.165) is 13.1 Å². The van der Waals surface area contributed by atoms with Crippen LogP contribution in [0.25, 0.3) is 0 Å². The van der Waals surface area contributed by atoms with Crippen LogP contribution in [0.5, 0.6) is 0 Å². The van der Waals surface area contributed by atoms with Crippen molar-refractivity contribution in [2.45, 2.75) is 52.5 Å². The van der Waals surface area contributed by atoms with Crippen LogP contribution in [-0.4, -0.2) is 42.6 Å². The minimum Gasteiger partial charge on any atom is -0.329 e.